The van der Waals surface area contributed by atoms with Crippen LogP contribution in [0, 0.1) is 0 Å². The van der Waals surface area contributed by atoms with Crippen molar-refractivity contribution in [1.82, 2.24) is 9.55 Å². The van der Waals surface area contributed by atoms with Crippen molar-refractivity contribution >= 4 is 5.95 Å². The first kappa shape index (κ1) is 12.8. The van der Waals surface area contributed by atoms with Gasteiger partial charge < -0.3 is 14.6 Å². The van der Waals surface area contributed by atoms with E-state index in [1.807, 2.05) is 6.92 Å². The van der Waals surface area contributed by atoms with Gasteiger partial charge in [-0.05, 0) is 26.2 Å². The third-order valence-electron chi connectivity index (χ3n) is 3.80. The molecule has 4 nitrogen and oxygen atoms in total. The van der Waals surface area contributed by atoms with Crippen LogP contribution in [0.3, 0.4) is 0 Å². The molecule has 0 radical (unpaired) electrons. The van der Waals surface area contributed by atoms with Crippen molar-refractivity contribution < 1.29 is 17.9 Å². The van der Waals surface area contributed by atoms with Gasteiger partial charge in [-0.15, -0.1) is 0 Å². The van der Waals surface area contributed by atoms with Gasteiger partial charge in [0.2, 0.25) is 5.95 Å². The smallest absolute Gasteiger partial charge is 0.373 e. The number of imidazole rings is 1. The first-order chi connectivity index (χ1) is 8.95. The van der Waals surface area contributed by atoms with E-state index in [4.69, 9.17) is 4.74 Å². The number of nitrogens with one attached hydrogen (secondary N) is 1. The predicted molar refractivity (Wildman–Crippen MR) is 62.9 cm³/mol. The van der Waals surface area contributed by atoms with Crippen molar-refractivity contribution in [1.29, 1.82) is 0 Å². The first-order valence-corrected chi connectivity index (χ1v) is 6.50. The van der Waals surface area contributed by atoms with Gasteiger partial charge in [-0.3, -0.25) is 0 Å². The summed E-state index contributed by atoms with van der Waals surface area (Å²) in [6.07, 6.45) is -0.507. The molecule has 0 aliphatic carbocycles. The van der Waals surface area contributed by atoms with Gasteiger partial charge in [0.25, 0.3) is 0 Å². The maximum absolute atomic E-state index is 12.7. The molecule has 1 N–H and O–H groups in total. The van der Waals surface area contributed by atoms with Crippen molar-refractivity contribution in [3.05, 3.63) is 11.9 Å². The Bertz CT molecular complexity index is 471. The fourth-order valence-electron chi connectivity index (χ4n) is 2.87. The molecule has 0 bridgehead atoms. The maximum atomic E-state index is 12.7. The number of fused-ring (bicyclic) bond motifs is 1. The number of aromatic nitrogens is 2. The van der Waals surface area contributed by atoms with Gasteiger partial charge in [0.15, 0.2) is 5.69 Å². The minimum absolute atomic E-state index is 0.00821. The van der Waals surface area contributed by atoms with Gasteiger partial charge in [0, 0.05) is 12.7 Å². The zero-order valence-corrected chi connectivity index (χ0v) is 10.6. The van der Waals surface area contributed by atoms with Gasteiger partial charge in [0.1, 0.15) is 0 Å². The van der Waals surface area contributed by atoms with E-state index in [0.29, 0.717) is 12.5 Å². The quantitative estimate of drug-likeness (QED) is 0.856. The highest BCUT2D eigenvalue weighted by Gasteiger charge is 2.39. The molecular weight excluding hydrogens is 259 g/mol. The molecule has 7 heteroatoms. The molecule has 1 aromatic heterocycles. The van der Waals surface area contributed by atoms with Crippen LogP contribution in [0.15, 0.2) is 6.20 Å². The average molecular weight is 275 g/mol. The molecule has 1 saturated heterocycles. The minimum atomic E-state index is -4.40. The van der Waals surface area contributed by atoms with E-state index >= 15 is 0 Å². The summed E-state index contributed by atoms with van der Waals surface area (Å²) in [5, 5.41) is 2.92. The van der Waals surface area contributed by atoms with Crippen molar-refractivity contribution in [2.75, 3.05) is 11.9 Å². The zero-order chi connectivity index (χ0) is 13.6. The topological polar surface area (TPSA) is 39.1 Å². The molecule has 0 amide bonds. The lowest BCUT2D eigenvalue weighted by molar-refractivity contribution is -0.141. The number of halogens is 3. The van der Waals surface area contributed by atoms with Crippen LogP contribution in [-0.4, -0.2) is 28.3 Å². The SMILES string of the molecule is CC1CCC(C2CCNc3nc(C(F)(F)F)cn32)O1. The van der Waals surface area contributed by atoms with E-state index in [-0.39, 0.29) is 18.2 Å². The second-order valence-electron chi connectivity index (χ2n) is 5.20. The normalized spacial score (nSPS) is 31.1. The van der Waals surface area contributed by atoms with E-state index in [1.165, 1.54) is 0 Å². The molecule has 3 atom stereocenters. The number of anilines is 1. The molecule has 3 heterocycles. The van der Waals surface area contributed by atoms with Crippen LogP contribution in [0.4, 0.5) is 19.1 Å². The number of hydrogen-bond donors (Lipinski definition) is 1. The lowest BCUT2D eigenvalue weighted by Crippen LogP contribution is -2.31. The lowest BCUT2D eigenvalue weighted by Gasteiger charge is -2.30. The van der Waals surface area contributed by atoms with Gasteiger partial charge in [-0.25, -0.2) is 4.98 Å². The average Bonchev–Trinajstić information content (AvgIpc) is 2.93. The lowest BCUT2D eigenvalue weighted by atomic mass is 10.0. The number of rotatable bonds is 1. The van der Waals surface area contributed by atoms with Crippen LogP contribution < -0.4 is 5.32 Å². The molecule has 2 aliphatic rings. The third-order valence-corrected chi connectivity index (χ3v) is 3.80. The predicted octanol–water partition coefficient (Wildman–Crippen LogP) is 2.83. The molecule has 1 aromatic rings. The summed E-state index contributed by atoms with van der Waals surface area (Å²) in [5.41, 5.74) is -0.840. The van der Waals surface area contributed by atoms with Crippen molar-refractivity contribution in [2.24, 2.45) is 0 Å². The fourth-order valence-corrected chi connectivity index (χ4v) is 2.87. The van der Waals surface area contributed by atoms with Crippen LogP contribution in [0.2, 0.25) is 0 Å². The summed E-state index contributed by atoms with van der Waals surface area (Å²) in [4.78, 5) is 3.63. The molecule has 106 valence electrons. The largest absolute Gasteiger partial charge is 0.434 e. The number of ether oxygens (including phenoxy) is 1. The van der Waals surface area contributed by atoms with Gasteiger partial charge in [0.05, 0.1) is 18.2 Å². The number of alkyl halides is 3. The molecular formula is C12H16F3N3O. The molecule has 0 saturated carbocycles. The van der Waals surface area contributed by atoms with E-state index in [9.17, 15) is 13.2 Å². The van der Waals surface area contributed by atoms with Crippen molar-refractivity contribution in [3.63, 3.8) is 0 Å². The summed E-state index contributed by atoms with van der Waals surface area (Å²) in [7, 11) is 0. The summed E-state index contributed by atoms with van der Waals surface area (Å²) in [6.45, 7) is 2.63. The first-order valence-electron chi connectivity index (χ1n) is 6.50. The van der Waals surface area contributed by atoms with Crippen LogP contribution >= 0.6 is 0 Å². The van der Waals surface area contributed by atoms with E-state index in [2.05, 4.69) is 10.3 Å². The minimum Gasteiger partial charge on any atom is -0.373 e. The molecule has 3 rings (SSSR count). The van der Waals surface area contributed by atoms with Crippen molar-refractivity contribution in [3.8, 4) is 0 Å². The van der Waals surface area contributed by atoms with E-state index in [0.717, 1.165) is 25.5 Å². The monoisotopic (exact) mass is 275 g/mol. The van der Waals surface area contributed by atoms with Gasteiger partial charge >= 0.3 is 6.18 Å². The van der Waals surface area contributed by atoms with Crippen LogP contribution in [0.5, 0.6) is 0 Å². The van der Waals surface area contributed by atoms with E-state index < -0.39 is 11.9 Å². The van der Waals surface area contributed by atoms with Crippen LogP contribution in [0.1, 0.15) is 37.9 Å². The summed E-state index contributed by atoms with van der Waals surface area (Å²) in [6, 6.07) is -0.0511. The standard InChI is InChI=1S/C12H16F3N3O/c1-7-2-3-9(19-7)8-4-5-16-11-17-10(6-18(8)11)12(13,14)15/h6-9H,2-5H2,1H3,(H,16,17). The van der Waals surface area contributed by atoms with E-state index in [1.54, 1.807) is 4.57 Å². The molecule has 0 aromatic carbocycles. The number of hydrogen-bond acceptors (Lipinski definition) is 3. The second kappa shape index (κ2) is 4.40. The molecule has 2 aliphatic heterocycles. The Morgan fingerprint density at radius 1 is 1.37 bits per heavy atom. The summed E-state index contributed by atoms with van der Waals surface area (Å²) >= 11 is 0. The van der Waals surface area contributed by atoms with Crippen LogP contribution in [0.25, 0.3) is 0 Å². The Labute approximate surface area is 109 Å². The second-order valence-corrected chi connectivity index (χ2v) is 5.20. The number of nitrogens with zero attached hydrogens (tertiary/aromatic N) is 2. The Kier molecular flexibility index (Phi) is 2.96. The highest BCUT2D eigenvalue weighted by atomic mass is 19.4. The summed E-state index contributed by atoms with van der Waals surface area (Å²) < 4.78 is 45.5. The molecule has 1 fully saturated rings. The molecule has 19 heavy (non-hydrogen) atoms. The highest BCUT2D eigenvalue weighted by molar-refractivity contribution is 5.33. The molecule has 0 spiro atoms. The zero-order valence-electron chi connectivity index (χ0n) is 10.6. The van der Waals surface area contributed by atoms with Gasteiger partial charge in [-0.2, -0.15) is 13.2 Å². The van der Waals surface area contributed by atoms with Crippen LogP contribution in [-0.2, 0) is 10.9 Å². The Hall–Kier alpha value is -1.24. The maximum Gasteiger partial charge on any atom is 0.434 e. The third kappa shape index (κ3) is 2.31. The van der Waals surface area contributed by atoms with Crippen molar-refractivity contribution in [2.45, 2.75) is 50.6 Å². The fraction of sp³-hybridized carbons (Fsp3) is 0.750. The summed E-state index contributed by atoms with van der Waals surface area (Å²) in [5.74, 6) is 0.298. The highest BCUT2D eigenvalue weighted by Crippen LogP contribution is 2.37. The Morgan fingerprint density at radius 2 is 2.16 bits per heavy atom. The molecule has 3 unspecified atom stereocenters. The van der Waals surface area contributed by atoms with Gasteiger partial charge in [-0.1, -0.05) is 0 Å². The Morgan fingerprint density at radius 3 is 2.79 bits per heavy atom. The Balaban J connectivity index is 1.89.